The van der Waals surface area contributed by atoms with E-state index in [9.17, 15) is 9.59 Å². The Morgan fingerprint density at radius 3 is 2.64 bits per heavy atom. The molecule has 7 heteroatoms. The van der Waals surface area contributed by atoms with Gasteiger partial charge < -0.3 is 10.1 Å². The zero-order chi connectivity index (χ0) is 20.5. The van der Waals surface area contributed by atoms with Crippen LogP contribution in [0.4, 0.5) is 5.69 Å². The molecular formula is C21H22BrN3O3. The summed E-state index contributed by atoms with van der Waals surface area (Å²) in [5, 5.41) is 6.61. The summed E-state index contributed by atoms with van der Waals surface area (Å²) in [5.41, 5.74) is 5.85. The number of amides is 2. The predicted octanol–water partition coefficient (Wildman–Crippen LogP) is 4.11. The van der Waals surface area contributed by atoms with Crippen molar-refractivity contribution in [1.82, 2.24) is 5.43 Å². The molecule has 2 N–H and O–H groups in total. The lowest BCUT2D eigenvalue weighted by Gasteiger charge is -2.08. The average Bonchev–Trinajstić information content (AvgIpc) is 2.63. The van der Waals surface area contributed by atoms with Crippen molar-refractivity contribution in [2.75, 3.05) is 11.9 Å². The van der Waals surface area contributed by atoms with Crippen LogP contribution in [-0.4, -0.2) is 24.6 Å². The quantitative estimate of drug-likeness (QED) is 0.278. The highest BCUT2D eigenvalue weighted by molar-refractivity contribution is 9.10. The van der Waals surface area contributed by atoms with Crippen molar-refractivity contribution in [3.8, 4) is 5.75 Å². The van der Waals surface area contributed by atoms with E-state index in [-0.39, 0.29) is 6.42 Å². The third-order valence-corrected chi connectivity index (χ3v) is 4.31. The van der Waals surface area contributed by atoms with Gasteiger partial charge in [-0.25, -0.2) is 5.43 Å². The van der Waals surface area contributed by atoms with Gasteiger partial charge in [0, 0.05) is 5.69 Å². The second-order valence-electron chi connectivity index (χ2n) is 6.13. The van der Waals surface area contributed by atoms with Crippen LogP contribution in [0.1, 0.15) is 23.1 Å². The Balaban J connectivity index is 1.85. The van der Waals surface area contributed by atoms with Crippen LogP contribution in [0.3, 0.4) is 0 Å². The number of rotatable bonds is 8. The van der Waals surface area contributed by atoms with Crippen molar-refractivity contribution < 1.29 is 14.3 Å². The van der Waals surface area contributed by atoms with E-state index in [1.807, 2.05) is 32.0 Å². The smallest absolute Gasteiger partial charge is 0.249 e. The number of hydrogen-bond donors (Lipinski definition) is 2. The topological polar surface area (TPSA) is 79.8 Å². The zero-order valence-electron chi connectivity index (χ0n) is 15.8. The largest absolute Gasteiger partial charge is 0.488 e. The van der Waals surface area contributed by atoms with Gasteiger partial charge in [-0.3, -0.25) is 9.59 Å². The van der Waals surface area contributed by atoms with E-state index in [1.54, 1.807) is 24.3 Å². The number of halogens is 1. The SMILES string of the molecule is C=CCOc1ccc(C=NNC(=O)CC(=O)Nc2ccc(C)cc2C)cc1Br. The Morgan fingerprint density at radius 2 is 1.96 bits per heavy atom. The second-order valence-corrected chi connectivity index (χ2v) is 6.98. The molecular weight excluding hydrogens is 422 g/mol. The Hall–Kier alpha value is -2.93. The summed E-state index contributed by atoms with van der Waals surface area (Å²) in [6.45, 7) is 7.89. The molecule has 0 unspecified atom stereocenters. The number of ether oxygens (including phenoxy) is 1. The van der Waals surface area contributed by atoms with Crippen LogP contribution in [0.15, 0.2) is 58.6 Å². The summed E-state index contributed by atoms with van der Waals surface area (Å²) < 4.78 is 6.23. The van der Waals surface area contributed by atoms with Gasteiger partial charge in [0.05, 0.1) is 10.7 Å². The highest BCUT2D eigenvalue weighted by Crippen LogP contribution is 2.25. The van der Waals surface area contributed by atoms with Crippen molar-refractivity contribution in [3.05, 3.63) is 70.2 Å². The van der Waals surface area contributed by atoms with Crippen molar-refractivity contribution in [1.29, 1.82) is 0 Å². The molecule has 2 amide bonds. The molecule has 0 radical (unpaired) electrons. The van der Waals surface area contributed by atoms with E-state index < -0.39 is 11.8 Å². The maximum absolute atomic E-state index is 12.0. The molecule has 0 heterocycles. The first-order chi connectivity index (χ1) is 13.4. The maximum atomic E-state index is 12.0. The molecule has 28 heavy (non-hydrogen) atoms. The number of aryl methyl sites for hydroxylation is 2. The Bertz CT molecular complexity index is 910. The molecule has 0 fully saturated rings. The van der Waals surface area contributed by atoms with E-state index in [0.29, 0.717) is 18.0 Å². The Morgan fingerprint density at radius 1 is 1.18 bits per heavy atom. The molecule has 0 aromatic heterocycles. The molecule has 0 saturated heterocycles. The molecule has 2 aromatic rings. The van der Waals surface area contributed by atoms with Crippen molar-refractivity contribution in [2.45, 2.75) is 20.3 Å². The number of carbonyl (C=O) groups is 2. The third kappa shape index (κ3) is 6.66. The number of hydrazone groups is 1. The minimum Gasteiger partial charge on any atom is -0.488 e. The molecule has 0 spiro atoms. The summed E-state index contributed by atoms with van der Waals surface area (Å²) in [7, 11) is 0. The van der Waals surface area contributed by atoms with Crippen LogP contribution in [0.2, 0.25) is 0 Å². The molecule has 0 atom stereocenters. The first-order valence-corrected chi connectivity index (χ1v) is 9.40. The second kappa shape index (κ2) is 10.4. The van der Waals surface area contributed by atoms with Gasteiger partial charge in [0.1, 0.15) is 18.8 Å². The van der Waals surface area contributed by atoms with Gasteiger partial charge in [-0.2, -0.15) is 5.10 Å². The Kier molecular flexibility index (Phi) is 7.95. The van der Waals surface area contributed by atoms with Crippen LogP contribution >= 0.6 is 15.9 Å². The molecule has 146 valence electrons. The molecule has 2 rings (SSSR count). The van der Waals surface area contributed by atoms with Crippen LogP contribution < -0.4 is 15.5 Å². The minimum absolute atomic E-state index is 0.317. The van der Waals surface area contributed by atoms with Crippen molar-refractivity contribution >= 4 is 39.6 Å². The number of benzene rings is 2. The fourth-order valence-electron chi connectivity index (χ4n) is 2.38. The third-order valence-electron chi connectivity index (χ3n) is 3.69. The van der Waals surface area contributed by atoms with Gasteiger partial charge in [0.2, 0.25) is 11.8 Å². The van der Waals surface area contributed by atoms with Crippen LogP contribution in [0.25, 0.3) is 0 Å². The molecule has 0 saturated carbocycles. The molecule has 2 aromatic carbocycles. The minimum atomic E-state index is -0.497. The summed E-state index contributed by atoms with van der Waals surface area (Å²) in [4.78, 5) is 23.9. The highest BCUT2D eigenvalue weighted by atomic mass is 79.9. The normalized spacial score (nSPS) is 10.5. The molecule has 6 nitrogen and oxygen atoms in total. The van der Waals surface area contributed by atoms with E-state index in [1.165, 1.54) is 6.21 Å². The fraction of sp³-hybridized carbons (Fsp3) is 0.190. The number of carbonyl (C=O) groups excluding carboxylic acids is 2. The first kappa shape index (κ1) is 21.4. The van der Waals surface area contributed by atoms with Gasteiger partial charge in [0.15, 0.2) is 0 Å². The summed E-state index contributed by atoms with van der Waals surface area (Å²) in [6, 6.07) is 11.1. The lowest BCUT2D eigenvalue weighted by Crippen LogP contribution is -2.24. The predicted molar refractivity (Wildman–Crippen MR) is 115 cm³/mol. The standard InChI is InChI=1S/C21H22BrN3O3/c1-4-9-28-19-8-6-16(11-17(19)22)13-23-25-21(27)12-20(26)24-18-7-5-14(2)10-15(18)3/h4-8,10-11,13H,1,9,12H2,2-3H3,(H,24,26)(H,25,27). The van der Waals surface area contributed by atoms with Gasteiger partial charge in [-0.15, -0.1) is 0 Å². The van der Waals surface area contributed by atoms with E-state index in [2.05, 4.69) is 38.4 Å². The number of nitrogens with one attached hydrogen (secondary N) is 2. The van der Waals surface area contributed by atoms with E-state index >= 15 is 0 Å². The van der Waals surface area contributed by atoms with Gasteiger partial charge in [-0.05, 0) is 65.2 Å². The Labute approximate surface area is 172 Å². The summed E-state index contributed by atoms with van der Waals surface area (Å²) >= 11 is 3.41. The van der Waals surface area contributed by atoms with E-state index in [0.717, 1.165) is 21.2 Å². The molecule has 0 aliphatic rings. The monoisotopic (exact) mass is 443 g/mol. The maximum Gasteiger partial charge on any atom is 0.249 e. The van der Waals surface area contributed by atoms with Gasteiger partial charge in [0.25, 0.3) is 0 Å². The molecule has 0 bridgehead atoms. The van der Waals surface area contributed by atoms with Gasteiger partial charge in [-0.1, -0.05) is 30.4 Å². The average molecular weight is 444 g/mol. The summed E-state index contributed by atoms with van der Waals surface area (Å²) in [5.74, 6) is -0.209. The lowest BCUT2D eigenvalue weighted by molar-refractivity contribution is -0.126. The number of hydrogen-bond acceptors (Lipinski definition) is 4. The first-order valence-electron chi connectivity index (χ1n) is 8.61. The highest BCUT2D eigenvalue weighted by Gasteiger charge is 2.10. The van der Waals surface area contributed by atoms with Crippen molar-refractivity contribution in [2.24, 2.45) is 5.10 Å². The zero-order valence-corrected chi connectivity index (χ0v) is 17.4. The number of anilines is 1. The van der Waals surface area contributed by atoms with Gasteiger partial charge >= 0.3 is 0 Å². The van der Waals surface area contributed by atoms with Crippen LogP contribution in [0.5, 0.6) is 5.75 Å². The molecule has 0 aliphatic heterocycles. The molecule has 0 aliphatic carbocycles. The van der Waals surface area contributed by atoms with E-state index in [4.69, 9.17) is 4.74 Å². The van der Waals surface area contributed by atoms with Crippen LogP contribution in [0, 0.1) is 13.8 Å². The fourth-order valence-corrected chi connectivity index (χ4v) is 2.89. The van der Waals surface area contributed by atoms with Crippen LogP contribution in [-0.2, 0) is 9.59 Å². The lowest BCUT2D eigenvalue weighted by atomic mass is 10.1. The van der Waals surface area contributed by atoms with Crippen molar-refractivity contribution in [3.63, 3.8) is 0 Å². The number of nitrogens with zero attached hydrogens (tertiary/aromatic N) is 1. The summed E-state index contributed by atoms with van der Waals surface area (Å²) in [6.07, 6.45) is 2.83.